The third kappa shape index (κ3) is 4.18. The van der Waals surface area contributed by atoms with Crippen molar-refractivity contribution in [2.24, 2.45) is 0 Å². The van der Waals surface area contributed by atoms with E-state index in [9.17, 15) is 0 Å². The lowest BCUT2D eigenvalue weighted by molar-refractivity contribution is 0.591. The number of benzene rings is 2. The monoisotopic (exact) mass is 281 g/mol. The fraction of sp³-hybridized carbons (Fsp3) is 0.400. The minimum atomic E-state index is 0.379. The van der Waals surface area contributed by atoms with Gasteiger partial charge in [0.2, 0.25) is 0 Å². The molecule has 1 heteroatoms. The molecule has 1 unspecified atom stereocenters. The summed E-state index contributed by atoms with van der Waals surface area (Å²) >= 11 is 0. The number of hydrogen-bond donors (Lipinski definition) is 1. The summed E-state index contributed by atoms with van der Waals surface area (Å²) in [5.41, 5.74) is 6.97. The SMILES string of the molecule is CCCc1cccc(C(Cc2ccc(C)c(C)c2)NC)c1. The van der Waals surface area contributed by atoms with Crippen molar-refractivity contribution in [1.29, 1.82) is 0 Å². The highest BCUT2D eigenvalue weighted by Crippen LogP contribution is 2.21. The van der Waals surface area contributed by atoms with E-state index in [0.29, 0.717) is 6.04 Å². The Kier molecular flexibility index (Phi) is 5.58. The van der Waals surface area contributed by atoms with E-state index in [1.807, 2.05) is 0 Å². The zero-order valence-corrected chi connectivity index (χ0v) is 13.7. The quantitative estimate of drug-likeness (QED) is 0.805. The molecule has 2 rings (SSSR count). The molecule has 112 valence electrons. The van der Waals surface area contributed by atoms with Gasteiger partial charge in [0.15, 0.2) is 0 Å². The number of aryl methyl sites for hydroxylation is 3. The first kappa shape index (κ1) is 15.8. The molecule has 0 saturated heterocycles. The van der Waals surface area contributed by atoms with Crippen LogP contribution in [0.25, 0.3) is 0 Å². The van der Waals surface area contributed by atoms with Crippen LogP contribution < -0.4 is 5.32 Å². The molecule has 0 heterocycles. The van der Waals surface area contributed by atoms with Crippen LogP contribution in [0.5, 0.6) is 0 Å². The average molecular weight is 281 g/mol. The summed E-state index contributed by atoms with van der Waals surface area (Å²) in [5.74, 6) is 0. The smallest absolute Gasteiger partial charge is 0.0358 e. The van der Waals surface area contributed by atoms with Gasteiger partial charge in [0.25, 0.3) is 0 Å². The molecule has 1 N–H and O–H groups in total. The first-order valence-corrected chi connectivity index (χ1v) is 7.96. The van der Waals surface area contributed by atoms with Crippen LogP contribution in [-0.2, 0) is 12.8 Å². The van der Waals surface area contributed by atoms with Gasteiger partial charge in [0.05, 0.1) is 0 Å². The number of hydrogen-bond acceptors (Lipinski definition) is 1. The Labute approximate surface area is 129 Å². The molecule has 0 bridgehead atoms. The Morgan fingerprint density at radius 3 is 2.43 bits per heavy atom. The Hall–Kier alpha value is -1.60. The van der Waals surface area contributed by atoms with Crippen molar-refractivity contribution >= 4 is 0 Å². The molecule has 0 radical (unpaired) electrons. The molecule has 0 aliphatic heterocycles. The van der Waals surface area contributed by atoms with Crippen LogP contribution in [0.3, 0.4) is 0 Å². The van der Waals surface area contributed by atoms with Crippen LogP contribution in [0.2, 0.25) is 0 Å². The number of likely N-dealkylation sites (N-methyl/N-ethyl adjacent to an activating group) is 1. The van der Waals surface area contributed by atoms with Crippen molar-refractivity contribution in [1.82, 2.24) is 5.32 Å². The highest BCUT2D eigenvalue weighted by Gasteiger charge is 2.11. The van der Waals surface area contributed by atoms with Gasteiger partial charge in [-0.15, -0.1) is 0 Å². The summed E-state index contributed by atoms with van der Waals surface area (Å²) in [7, 11) is 2.05. The molecule has 0 spiro atoms. The Balaban J connectivity index is 2.19. The van der Waals surface area contributed by atoms with Gasteiger partial charge < -0.3 is 5.32 Å². The molecule has 0 aromatic heterocycles. The Morgan fingerprint density at radius 2 is 1.76 bits per heavy atom. The third-order valence-corrected chi connectivity index (χ3v) is 4.25. The predicted octanol–water partition coefficient (Wildman–Crippen LogP) is 4.76. The van der Waals surface area contributed by atoms with E-state index in [0.717, 1.165) is 12.8 Å². The van der Waals surface area contributed by atoms with Crippen LogP contribution in [0.1, 0.15) is 47.2 Å². The van der Waals surface area contributed by atoms with E-state index >= 15 is 0 Å². The molecule has 21 heavy (non-hydrogen) atoms. The van der Waals surface area contributed by atoms with Crippen molar-refractivity contribution in [2.45, 2.75) is 46.1 Å². The summed E-state index contributed by atoms with van der Waals surface area (Å²) in [5, 5.41) is 3.47. The summed E-state index contributed by atoms with van der Waals surface area (Å²) in [4.78, 5) is 0. The molecule has 0 aliphatic rings. The van der Waals surface area contributed by atoms with E-state index < -0.39 is 0 Å². The fourth-order valence-corrected chi connectivity index (χ4v) is 2.81. The summed E-state index contributed by atoms with van der Waals surface area (Å²) in [6, 6.07) is 16.2. The normalized spacial score (nSPS) is 12.4. The van der Waals surface area contributed by atoms with Crippen LogP contribution >= 0.6 is 0 Å². The summed E-state index contributed by atoms with van der Waals surface area (Å²) in [6.07, 6.45) is 3.39. The molecule has 1 atom stereocenters. The van der Waals surface area contributed by atoms with Crippen LogP contribution in [0.4, 0.5) is 0 Å². The molecular weight excluding hydrogens is 254 g/mol. The number of nitrogens with one attached hydrogen (secondary N) is 1. The molecule has 0 amide bonds. The first-order valence-electron chi connectivity index (χ1n) is 7.96. The minimum absolute atomic E-state index is 0.379. The van der Waals surface area contributed by atoms with Gasteiger partial charge in [-0.05, 0) is 61.6 Å². The van der Waals surface area contributed by atoms with Gasteiger partial charge >= 0.3 is 0 Å². The topological polar surface area (TPSA) is 12.0 Å². The maximum atomic E-state index is 3.47. The molecule has 0 aliphatic carbocycles. The van der Waals surface area contributed by atoms with E-state index in [-0.39, 0.29) is 0 Å². The highest BCUT2D eigenvalue weighted by molar-refractivity contribution is 5.32. The van der Waals surface area contributed by atoms with Crippen LogP contribution in [0, 0.1) is 13.8 Å². The largest absolute Gasteiger partial charge is 0.313 e. The van der Waals surface area contributed by atoms with Gasteiger partial charge in [-0.1, -0.05) is 55.8 Å². The lowest BCUT2D eigenvalue weighted by Gasteiger charge is -2.18. The van der Waals surface area contributed by atoms with Crippen LogP contribution in [-0.4, -0.2) is 7.05 Å². The van der Waals surface area contributed by atoms with Gasteiger partial charge in [-0.2, -0.15) is 0 Å². The molecule has 0 saturated carbocycles. The van der Waals surface area contributed by atoms with Gasteiger partial charge in [0, 0.05) is 6.04 Å². The molecule has 2 aromatic carbocycles. The van der Waals surface area contributed by atoms with Crippen molar-refractivity contribution in [2.75, 3.05) is 7.05 Å². The maximum absolute atomic E-state index is 3.47. The minimum Gasteiger partial charge on any atom is -0.313 e. The Bertz CT molecular complexity index is 586. The lowest BCUT2D eigenvalue weighted by Crippen LogP contribution is -2.19. The van der Waals surface area contributed by atoms with Crippen molar-refractivity contribution in [3.05, 3.63) is 70.3 Å². The van der Waals surface area contributed by atoms with E-state index in [2.05, 4.69) is 75.6 Å². The van der Waals surface area contributed by atoms with E-state index in [4.69, 9.17) is 0 Å². The standard InChI is InChI=1S/C20H27N/c1-5-7-17-8-6-9-19(13-17)20(21-4)14-18-11-10-15(2)16(3)12-18/h6,8-13,20-21H,5,7,14H2,1-4H3. The summed E-state index contributed by atoms with van der Waals surface area (Å²) in [6.45, 7) is 6.59. The maximum Gasteiger partial charge on any atom is 0.0358 e. The molecule has 1 nitrogen and oxygen atoms in total. The second kappa shape index (κ2) is 7.42. The predicted molar refractivity (Wildman–Crippen MR) is 91.9 cm³/mol. The van der Waals surface area contributed by atoms with Gasteiger partial charge in [-0.3, -0.25) is 0 Å². The van der Waals surface area contributed by atoms with Gasteiger partial charge in [-0.25, -0.2) is 0 Å². The van der Waals surface area contributed by atoms with Crippen molar-refractivity contribution < 1.29 is 0 Å². The highest BCUT2D eigenvalue weighted by atomic mass is 14.9. The van der Waals surface area contributed by atoms with Crippen LogP contribution in [0.15, 0.2) is 42.5 Å². The zero-order chi connectivity index (χ0) is 15.2. The average Bonchev–Trinajstić information content (AvgIpc) is 2.49. The second-order valence-corrected chi connectivity index (χ2v) is 5.96. The third-order valence-electron chi connectivity index (χ3n) is 4.25. The zero-order valence-electron chi connectivity index (χ0n) is 13.7. The molecule has 2 aromatic rings. The molecular formula is C20H27N. The van der Waals surface area contributed by atoms with E-state index in [1.165, 1.54) is 34.2 Å². The van der Waals surface area contributed by atoms with Crippen molar-refractivity contribution in [3.63, 3.8) is 0 Å². The molecule has 0 fully saturated rings. The second-order valence-electron chi connectivity index (χ2n) is 5.96. The first-order chi connectivity index (χ1) is 10.1. The number of rotatable bonds is 6. The Morgan fingerprint density at radius 1 is 0.952 bits per heavy atom. The van der Waals surface area contributed by atoms with Gasteiger partial charge in [0.1, 0.15) is 0 Å². The fourth-order valence-electron chi connectivity index (χ4n) is 2.81. The van der Waals surface area contributed by atoms with Crippen molar-refractivity contribution in [3.8, 4) is 0 Å². The van der Waals surface area contributed by atoms with E-state index in [1.54, 1.807) is 0 Å². The summed E-state index contributed by atoms with van der Waals surface area (Å²) < 4.78 is 0. The lowest BCUT2D eigenvalue weighted by atomic mass is 9.95.